The molecule has 0 saturated heterocycles. The van der Waals surface area contributed by atoms with Crippen LogP contribution in [0.1, 0.15) is 9.67 Å². The minimum absolute atomic E-state index is 0.108. The van der Waals surface area contributed by atoms with Crippen LogP contribution in [0.5, 0.6) is 0 Å². The molecule has 0 bridgehead atoms. The van der Waals surface area contributed by atoms with Crippen LogP contribution in [0.2, 0.25) is 0 Å². The molecule has 1 aromatic heterocycles. The van der Waals surface area contributed by atoms with Crippen LogP contribution in [0.25, 0.3) is 10.4 Å². The predicted molar refractivity (Wildman–Crippen MR) is 70.8 cm³/mol. The number of esters is 1. The van der Waals surface area contributed by atoms with Crippen molar-refractivity contribution in [3.8, 4) is 10.4 Å². The van der Waals surface area contributed by atoms with Crippen LogP contribution in [0, 0.1) is 0 Å². The van der Waals surface area contributed by atoms with Crippen LogP contribution in [0.3, 0.4) is 0 Å². The van der Waals surface area contributed by atoms with E-state index in [2.05, 4.69) is 4.74 Å². The maximum atomic E-state index is 12.4. The van der Waals surface area contributed by atoms with Crippen LogP contribution in [-0.4, -0.2) is 19.4 Å². The number of ether oxygens (including phenoxy) is 1. The van der Waals surface area contributed by atoms with Crippen molar-refractivity contribution in [1.29, 1.82) is 0 Å². The molecule has 0 aliphatic rings. The number of carbonyl (C=O) groups is 1. The molecule has 7 heteroatoms. The molecule has 2 rings (SSSR count). The van der Waals surface area contributed by atoms with Gasteiger partial charge in [-0.05, 0) is 11.6 Å². The number of carbonyl (C=O) groups excluding carboxylic acids is 1. The van der Waals surface area contributed by atoms with Crippen molar-refractivity contribution in [3.05, 3.63) is 41.3 Å². The van der Waals surface area contributed by atoms with Gasteiger partial charge in [-0.3, -0.25) is 5.32 Å². The smallest absolute Gasteiger partial charge is 0.465 e. The van der Waals surface area contributed by atoms with E-state index < -0.39 is 12.3 Å². The van der Waals surface area contributed by atoms with Crippen molar-refractivity contribution in [3.63, 3.8) is 0 Å². The number of alkyl halides is 3. The molecule has 0 spiro atoms. The van der Waals surface area contributed by atoms with Gasteiger partial charge in [0, 0.05) is 4.88 Å². The predicted octanol–water partition coefficient (Wildman–Crippen LogP) is 4.13. The molecule has 0 saturated carbocycles. The highest BCUT2D eigenvalue weighted by atomic mass is 32.1. The molecule has 3 nitrogen and oxygen atoms in total. The van der Waals surface area contributed by atoms with Crippen molar-refractivity contribution in [2.75, 3.05) is 12.4 Å². The molecule has 20 heavy (non-hydrogen) atoms. The molecule has 2 aromatic rings. The summed E-state index contributed by atoms with van der Waals surface area (Å²) in [6.45, 7) is 0. The number of anilines is 1. The maximum Gasteiger partial charge on any atom is 0.482 e. The van der Waals surface area contributed by atoms with Gasteiger partial charge in [-0.2, -0.15) is 13.2 Å². The summed E-state index contributed by atoms with van der Waals surface area (Å²) < 4.78 is 41.8. The van der Waals surface area contributed by atoms with Gasteiger partial charge in [0.15, 0.2) is 0 Å². The van der Waals surface area contributed by atoms with Crippen LogP contribution in [-0.2, 0) is 4.74 Å². The number of benzene rings is 1. The van der Waals surface area contributed by atoms with Crippen molar-refractivity contribution < 1.29 is 22.7 Å². The Bertz CT molecular complexity index is 608. The van der Waals surface area contributed by atoms with E-state index >= 15 is 0 Å². The Morgan fingerprint density at radius 1 is 1.25 bits per heavy atom. The molecule has 106 valence electrons. The summed E-state index contributed by atoms with van der Waals surface area (Å²) in [6.07, 6.45) is -4.61. The lowest BCUT2D eigenvalue weighted by atomic mass is 10.2. The SMILES string of the molecule is COC(=O)c1sc(-c2ccccc2)cc1NC(F)(F)F. The Kier molecular flexibility index (Phi) is 3.99. The lowest BCUT2D eigenvalue weighted by molar-refractivity contribution is -0.0999. The average molecular weight is 301 g/mol. The number of hydrogen-bond acceptors (Lipinski definition) is 4. The van der Waals surface area contributed by atoms with E-state index in [0.717, 1.165) is 24.0 Å². The summed E-state index contributed by atoms with van der Waals surface area (Å²) in [5, 5.41) is 1.36. The molecule has 0 atom stereocenters. The number of halogens is 3. The Hall–Kier alpha value is -2.02. The minimum atomic E-state index is -4.61. The van der Waals surface area contributed by atoms with Gasteiger partial charge >= 0.3 is 12.3 Å². The third-order valence-corrected chi connectivity index (χ3v) is 3.60. The topological polar surface area (TPSA) is 38.3 Å². The number of methoxy groups -OCH3 is 1. The molecular weight excluding hydrogens is 291 g/mol. The molecule has 1 N–H and O–H groups in total. The normalized spacial score (nSPS) is 11.2. The van der Waals surface area contributed by atoms with Gasteiger partial charge in [-0.15, -0.1) is 11.3 Å². The molecule has 0 aliphatic carbocycles. The number of thiophene rings is 1. The van der Waals surface area contributed by atoms with Crippen molar-refractivity contribution >= 4 is 23.0 Å². The van der Waals surface area contributed by atoms with Gasteiger partial charge in [-0.1, -0.05) is 30.3 Å². The summed E-state index contributed by atoms with van der Waals surface area (Å²) in [7, 11) is 1.13. The van der Waals surface area contributed by atoms with Crippen molar-refractivity contribution in [2.24, 2.45) is 0 Å². The molecule has 0 unspecified atom stereocenters. The highest BCUT2D eigenvalue weighted by Gasteiger charge is 2.31. The van der Waals surface area contributed by atoms with Gasteiger partial charge in [0.1, 0.15) is 4.88 Å². The summed E-state index contributed by atoms with van der Waals surface area (Å²) >= 11 is 0.949. The lowest BCUT2D eigenvalue weighted by Gasteiger charge is -2.09. The fourth-order valence-corrected chi connectivity index (χ4v) is 2.66. The summed E-state index contributed by atoms with van der Waals surface area (Å²) in [5.41, 5.74) is 0.436. The molecule has 1 heterocycles. The van der Waals surface area contributed by atoms with E-state index in [0.29, 0.717) is 4.88 Å². The van der Waals surface area contributed by atoms with E-state index in [1.807, 2.05) is 0 Å². The number of nitrogens with one attached hydrogen (secondary N) is 1. The molecular formula is C13H10F3NO2S. The molecule has 0 radical (unpaired) electrons. The van der Waals surface area contributed by atoms with Crippen molar-refractivity contribution in [1.82, 2.24) is 0 Å². The Balaban J connectivity index is 2.44. The second-order valence-electron chi connectivity index (χ2n) is 3.83. The second-order valence-corrected chi connectivity index (χ2v) is 4.89. The summed E-state index contributed by atoms with van der Waals surface area (Å²) in [4.78, 5) is 12.0. The van der Waals surface area contributed by atoms with Gasteiger partial charge in [-0.25, -0.2) is 4.79 Å². The maximum absolute atomic E-state index is 12.4. The highest BCUT2D eigenvalue weighted by Crippen LogP contribution is 2.37. The van der Waals surface area contributed by atoms with E-state index in [1.165, 1.54) is 11.4 Å². The van der Waals surface area contributed by atoms with Crippen LogP contribution < -0.4 is 5.32 Å². The Morgan fingerprint density at radius 3 is 2.45 bits per heavy atom. The zero-order valence-electron chi connectivity index (χ0n) is 10.3. The Morgan fingerprint density at radius 2 is 1.90 bits per heavy atom. The summed E-state index contributed by atoms with van der Waals surface area (Å²) in [5.74, 6) is -0.802. The lowest BCUT2D eigenvalue weighted by Crippen LogP contribution is -2.21. The van der Waals surface area contributed by atoms with E-state index in [9.17, 15) is 18.0 Å². The molecule has 0 aliphatic heterocycles. The van der Waals surface area contributed by atoms with Crippen LogP contribution in [0.4, 0.5) is 18.9 Å². The van der Waals surface area contributed by atoms with Gasteiger partial charge in [0.05, 0.1) is 12.8 Å². The first kappa shape index (κ1) is 14.4. The second kappa shape index (κ2) is 5.54. The highest BCUT2D eigenvalue weighted by molar-refractivity contribution is 7.18. The first-order valence-electron chi connectivity index (χ1n) is 5.53. The molecule has 1 aromatic carbocycles. The van der Waals surface area contributed by atoms with E-state index in [4.69, 9.17) is 0 Å². The van der Waals surface area contributed by atoms with E-state index in [1.54, 1.807) is 30.3 Å². The minimum Gasteiger partial charge on any atom is -0.465 e. The zero-order chi connectivity index (χ0) is 14.8. The standard InChI is InChI=1S/C13H10F3NO2S/c1-19-12(18)11-9(17-13(14,15)16)7-10(20-11)8-5-3-2-4-6-8/h2-7,17H,1H3. The fraction of sp³-hybridized carbons (Fsp3) is 0.154. The quantitative estimate of drug-likeness (QED) is 0.684. The van der Waals surface area contributed by atoms with Crippen LogP contribution in [0.15, 0.2) is 36.4 Å². The van der Waals surface area contributed by atoms with Crippen molar-refractivity contribution in [2.45, 2.75) is 6.30 Å². The fourth-order valence-electron chi connectivity index (χ4n) is 1.63. The largest absolute Gasteiger partial charge is 0.482 e. The summed E-state index contributed by atoms with van der Waals surface area (Å²) in [6, 6.07) is 10.1. The van der Waals surface area contributed by atoms with Gasteiger partial charge in [0.25, 0.3) is 0 Å². The zero-order valence-corrected chi connectivity index (χ0v) is 11.1. The van der Waals surface area contributed by atoms with Gasteiger partial charge in [0.2, 0.25) is 0 Å². The third-order valence-electron chi connectivity index (χ3n) is 2.44. The van der Waals surface area contributed by atoms with E-state index in [-0.39, 0.29) is 10.6 Å². The Labute approximate surface area is 117 Å². The molecule has 0 fully saturated rings. The number of hydrogen-bond donors (Lipinski definition) is 1. The molecule has 0 amide bonds. The first-order valence-corrected chi connectivity index (χ1v) is 6.35. The number of rotatable bonds is 3. The first-order chi connectivity index (χ1) is 9.40. The van der Waals surface area contributed by atoms with Crippen LogP contribution >= 0.6 is 11.3 Å². The third kappa shape index (κ3) is 3.30. The van der Waals surface area contributed by atoms with Gasteiger partial charge < -0.3 is 4.74 Å². The average Bonchev–Trinajstić information content (AvgIpc) is 2.80. The monoisotopic (exact) mass is 301 g/mol.